The van der Waals surface area contributed by atoms with E-state index in [1.807, 2.05) is 19.2 Å². The van der Waals surface area contributed by atoms with Gasteiger partial charge < -0.3 is 5.32 Å². The molecule has 0 atom stereocenters. The fourth-order valence-corrected chi connectivity index (χ4v) is 2.14. The normalized spacial score (nSPS) is 10.9. The Hall–Kier alpha value is -1.74. The van der Waals surface area contributed by atoms with Crippen LogP contribution in [0.25, 0.3) is 0 Å². The molecule has 19 heavy (non-hydrogen) atoms. The molecule has 2 rings (SSSR count). The molecule has 0 spiro atoms. The Morgan fingerprint density at radius 2 is 1.26 bits per heavy atom. The maximum atomic E-state index is 13.6. The molecule has 0 aromatic heterocycles. The number of rotatable bonds is 5. The molecule has 0 aliphatic carbocycles. The Bertz CT molecular complexity index is 492. The molecule has 1 nitrogen and oxygen atoms in total. The summed E-state index contributed by atoms with van der Waals surface area (Å²) in [7, 11) is 1.81. The van der Waals surface area contributed by atoms with E-state index >= 15 is 0 Å². The van der Waals surface area contributed by atoms with Crippen LogP contribution in [0.1, 0.15) is 11.1 Å². The molecule has 3 heteroatoms. The van der Waals surface area contributed by atoms with Crippen LogP contribution in [0, 0.1) is 11.6 Å². The van der Waals surface area contributed by atoms with Crippen LogP contribution >= 0.6 is 0 Å². The molecule has 0 amide bonds. The van der Waals surface area contributed by atoms with Crippen molar-refractivity contribution < 1.29 is 8.78 Å². The maximum absolute atomic E-state index is 13.6. The third-order valence-corrected chi connectivity index (χ3v) is 3.26. The van der Waals surface area contributed by atoms with Crippen molar-refractivity contribution in [2.45, 2.75) is 18.9 Å². The molecule has 0 radical (unpaired) electrons. The number of benzene rings is 2. The highest BCUT2D eigenvalue weighted by Gasteiger charge is 2.13. The summed E-state index contributed by atoms with van der Waals surface area (Å²) in [5.41, 5.74) is 1.30. The van der Waals surface area contributed by atoms with Crippen molar-refractivity contribution in [2.24, 2.45) is 0 Å². The largest absolute Gasteiger partial charge is 0.316 e. The first-order valence-corrected chi connectivity index (χ1v) is 6.34. The van der Waals surface area contributed by atoms with E-state index in [0.29, 0.717) is 24.0 Å². The van der Waals surface area contributed by atoms with Crippen LogP contribution in [0.5, 0.6) is 0 Å². The van der Waals surface area contributed by atoms with Gasteiger partial charge in [0, 0.05) is 6.04 Å². The van der Waals surface area contributed by atoms with Gasteiger partial charge in [0.2, 0.25) is 0 Å². The lowest BCUT2D eigenvalue weighted by Crippen LogP contribution is -2.30. The molecule has 0 bridgehead atoms. The summed E-state index contributed by atoms with van der Waals surface area (Å²) in [6.07, 6.45) is 1.08. The molecule has 0 heterocycles. The van der Waals surface area contributed by atoms with Crippen LogP contribution in [0.15, 0.2) is 48.5 Å². The van der Waals surface area contributed by atoms with E-state index in [-0.39, 0.29) is 17.7 Å². The summed E-state index contributed by atoms with van der Waals surface area (Å²) in [6.45, 7) is 0. The first-order chi connectivity index (χ1) is 9.20. The zero-order valence-corrected chi connectivity index (χ0v) is 10.9. The van der Waals surface area contributed by atoms with Gasteiger partial charge in [-0.3, -0.25) is 0 Å². The molecule has 2 aromatic rings. The quantitative estimate of drug-likeness (QED) is 0.870. The Kier molecular flexibility index (Phi) is 4.63. The second-order valence-electron chi connectivity index (χ2n) is 4.58. The SMILES string of the molecule is CNC(Cc1ccccc1F)Cc1ccccc1F. The van der Waals surface area contributed by atoms with Gasteiger partial charge in [0.05, 0.1) is 0 Å². The molecule has 2 aromatic carbocycles. The molecule has 0 aliphatic rings. The third kappa shape index (κ3) is 3.61. The highest BCUT2D eigenvalue weighted by Crippen LogP contribution is 2.14. The average Bonchev–Trinajstić information content (AvgIpc) is 2.42. The van der Waals surface area contributed by atoms with Crippen molar-refractivity contribution in [1.82, 2.24) is 5.32 Å². The van der Waals surface area contributed by atoms with E-state index in [9.17, 15) is 8.78 Å². The van der Waals surface area contributed by atoms with E-state index in [1.54, 1.807) is 24.3 Å². The Morgan fingerprint density at radius 1 is 0.842 bits per heavy atom. The Morgan fingerprint density at radius 3 is 1.63 bits per heavy atom. The lowest BCUT2D eigenvalue weighted by molar-refractivity contribution is 0.517. The second-order valence-corrected chi connectivity index (χ2v) is 4.58. The van der Waals surface area contributed by atoms with E-state index < -0.39 is 0 Å². The molecule has 100 valence electrons. The maximum Gasteiger partial charge on any atom is 0.126 e. The van der Waals surface area contributed by atoms with Gasteiger partial charge in [0.15, 0.2) is 0 Å². The molecule has 0 fully saturated rings. The van der Waals surface area contributed by atoms with Gasteiger partial charge >= 0.3 is 0 Å². The number of nitrogens with one attached hydrogen (secondary N) is 1. The van der Waals surface area contributed by atoms with Crippen molar-refractivity contribution >= 4 is 0 Å². The number of likely N-dealkylation sites (N-methyl/N-ethyl adjacent to an activating group) is 1. The van der Waals surface area contributed by atoms with E-state index in [0.717, 1.165) is 0 Å². The number of hydrogen-bond acceptors (Lipinski definition) is 1. The number of halogens is 2. The minimum Gasteiger partial charge on any atom is -0.316 e. The number of hydrogen-bond donors (Lipinski definition) is 1. The Balaban J connectivity index is 2.09. The van der Waals surface area contributed by atoms with Crippen molar-refractivity contribution in [2.75, 3.05) is 7.05 Å². The van der Waals surface area contributed by atoms with Crippen LogP contribution < -0.4 is 5.32 Å². The van der Waals surface area contributed by atoms with Gasteiger partial charge in [-0.1, -0.05) is 36.4 Å². The lowest BCUT2D eigenvalue weighted by atomic mass is 9.98. The standard InChI is InChI=1S/C16H17F2N/c1-19-14(10-12-6-2-4-8-15(12)17)11-13-7-3-5-9-16(13)18/h2-9,14,19H,10-11H2,1H3. The fourth-order valence-electron chi connectivity index (χ4n) is 2.14. The van der Waals surface area contributed by atoms with Crippen LogP contribution in [-0.2, 0) is 12.8 Å². The van der Waals surface area contributed by atoms with Crippen molar-refractivity contribution in [3.63, 3.8) is 0 Å². The van der Waals surface area contributed by atoms with Gasteiger partial charge in [-0.15, -0.1) is 0 Å². The van der Waals surface area contributed by atoms with Crippen molar-refractivity contribution in [1.29, 1.82) is 0 Å². The van der Waals surface area contributed by atoms with E-state index in [2.05, 4.69) is 5.32 Å². The molecule has 1 N–H and O–H groups in total. The summed E-state index contributed by atoms with van der Waals surface area (Å²) in [4.78, 5) is 0. The second kappa shape index (κ2) is 6.43. The molecular weight excluding hydrogens is 244 g/mol. The zero-order valence-electron chi connectivity index (χ0n) is 10.9. The monoisotopic (exact) mass is 261 g/mol. The summed E-state index contributed by atoms with van der Waals surface area (Å²) < 4.78 is 27.2. The zero-order chi connectivity index (χ0) is 13.7. The summed E-state index contributed by atoms with van der Waals surface area (Å²) in [6, 6.07) is 13.4. The van der Waals surface area contributed by atoms with Gasteiger partial charge in [0.25, 0.3) is 0 Å². The summed E-state index contributed by atoms with van der Waals surface area (Å²) >= 11 is 0. The van der Waals surface area contributed by atoms with E-state index in [1.165, 1.54) is 12.1 Å². The van der Waals surface area contributed by atoms with Gasteiger partial charge in [-0.25, -0.2) is 8.78 Å². The summed E-state index contributed by atoms with van der Waals surface area (Å²) in [5, 5.41) is 3.12. The van der Waals surface area contributed by atoms with Crippen LogP contribution in [-0.4, -0.2) is 13.1 Å². The van der Waals surface area contributed by atoms with Crippen molar-refractivity contribution in [3.8, 4) is 0 Å². The molecule has 0 saturated carbocycles. The first kappa shape index (κ1) is 13.7. The van der Waals surface area contributed by atoms with Gasteiger partial charge in [0.1, 0.15) is 11.6 Å². The summed E-state index contributed by atoms with van der Waals surface area (Å²) in [5.74, 6) is -0.424. The van der Waals surface area contributed by atoms with E-state index in [4.69, 9.17) is 0 Å². The minimum atomic E-state index is -0.212. The molecular formula is C16H17F2N. The first-order valence-electron chi connectivity index (χ1n) is 6.34. The van der Waals surface area contributed by atoms with Crippen LogP contribution in [0.3, 0.4) is 0 Å². The minimum absolute atomic E-state index is 0.00815. The van der Waals surface area contributed by atoms with Crippen LogP contribution in [0.4, 0.5) is 8.78 Å². The highest BCUT2D eigenvalue weighted by atomic mass is 19.1. The predicted octanol–water partition coefficient (Wildman–Crippen LogP) is 3.34. The van der Waals surface area contributed by atoms with Gasteiger partial charge in [-0.2, -0.15) is 0 Å². The third-order valence-electron chi connectivity index (χ3n) is 3.26. The van der Waals surface area contributed by atoms with Crippen molar-refractivity contribution in [3.05, 3.63) is 71.3 Å². The lowest BCUT2D eigenvalue weighted by Gasteiger charge is -2.17. The molecule has 0 unspecified atom stereocenters. The Labute approximate surface area is 112 Å². The molecule has 0 aliphatic heterocycles. The van der Waals surface area contributed by atoms with Crippen LogP contribution in [0.2, 0.25) is 0 Å². The fraction of sp³-hybridized carbons (Fsp3) is 0.250. The predicted molar refractivity (Wildman–Crippen MR) is 73.1 cm³/mol. The highest BCUT2D eigenvalue weighted by molar-refractivity contribution is 5.22. The molecule has 0 saturated heterocycles. The topological polar surface area (TPSA) is 12.0 Å². The average molecular weight is 261 g/mol. The smallest absolute Gasteiger partial charge is 0.126 e. The van der Waals surface area contributed by atoms with Gasteiger partial charge in [-0.05, 0) is 43.1 Å².